The number of carbonyl (C=O) groups excluding carboxylic acids is 2. The van der Waals surface area contributed by atoms with E-state index in [1.54, 1.807) is 18.2 Å². The number of methoxy groups -OCH3 is 2. The molecule has 0 saturated carbocycles. The molecular weight excluding hydrogens is 276 g/mol. The molecule has 6 nitrogen and oxygen atoms in total. The molecule has 0 radical (unpaired) electrons. The van der Waals surface area contributed by atoms with Crippen LogP contribution in [0.5, 0.6) is 11.5 Å². The molecule has 0 saturated heterocycles. The summed E-state index contributed by atoms with van der Waals surface area (Å²) < 4.78 is 10.2. The summed E-state index contributed by atoms with van der Waals surface area (Å²) in [6.45, 7) is 1.34. The van der Waals surface area contributed by atoms with Gasteiger partial charge in [0.1, 0.15) is 11.5 Å². The van der Waals surface area contributed by atoms with Gasteiger partial charge in [-0.15, -0.1) is 0 Å². The zero-order chi connectivity index (χ0) is 16.0. The lowest BCUT2D eigenvalue weighted by atomic mass is 10.0. The van der Waals surface area contributed by atoms with E-state index in [1.165, 1.54) is 27.2 Å². The Labute approximate surface area is 121 Å². The van der Waals surface area contributed by atoms with Crippen LogP contribution in [0.15, 0.2) is 35.4 Å². The number of carbonyl (C=O) groups is 2. The molecule has 0 aliphatic carbocycles. The first-order valence-electron chi connectivity index (χ1n) is 5.93. The number of carboxylic acid groups (broad SMARTS) is 2. The Kier molecular flexibility index (Phi) is 5.54. The van der Waals surface area contributed by atoms with Crippen LogP contribution in [-0.4, -0.2) is 26.2 Å². The van der Waals surface area contributed by atoms with Gasteiger partial charge in [0, 0.05) is 17.2 Å². The number of ether oxygens (including phenoxy) is 2. The molecule has 0 N–H and O–H groups in total. The molecule has 0 unspecified atom stereocenters. The Morgan fingerprint density at radius 3 is 2.29 bits per heavy atom. The first-order valence-corrected chi connectivity index (χ1v) is 5.93. The highest BCUT2D eigenvalue weighted by atomic mass is 16.5. The van der Waals surface area contributed by atoms with Crippen LogP contribution in [-0.2, 0) is 9.59 Å². The van der Waals surface area contributed by atoms with Gasteiger partial charge in [0.25, 0.3) is 0 Å². The van der Waals surface area contributed by atoms with Gasteiger partial charge in [-0.05, 0) is 36.8 Å². The van der Waals surface area contributed by atoms with E-state index in [9.17, 15) is 19.8 Å². The molecule has 0 aromatic heterocycles. The van der Waals surface area contributed by atoms with Crippen molar-refractivity contribution >= 4 is 18.0 Å². The van der Waals surface area contributed by atoms with Crippen molar-refractivity contribution < 1.29 is 29.3 Å². The number of benzene rings is 1. The van der Waals surface area contributed by atoms with Crippen molar-refractivity contribution in [2.24, 2.45) is 0 Å². The summed E-state index contributed by atoms with van der Waals surface area (Å²) in [7, 11) is 2.91. The fourth-order valence-electron chi connectivity index (χ4n) is 1.68. The van der Waals surface area contributed by atoms with Crippen LogP contribution in [0.25, 0.3) is 6.08 Å². The molecule has 1 aromatic rings. The van der Waals surface area contributed by atoms with Gasteiger partial charge in [0.2, 0.25) is 0 Å². The molecule has 112 valence electrons. The van der Waals surface area contributed by atoms with Crippen LogP contribution < -0.4 is 19.7 Å². The van der Waals surface area contributed by atoms with Crippen molar-refractivity contribution in [2.75, 3.05) is 14.2 Å². The highest BCUT2D eigenvalue weighted by Gasteiger charge is 2.07. The Balaban J connectivity index is 3.35. The molecule has 0 heterocycles. The van der Waals surface area contributed by atoms with Gasteiger partial charge in [-0.25, -0.2) is 0 Å². The standard InChI is InChI=1S/C15H16O6/c1-9(6-14(16)17)12(15(18)19)7-10-4-5-11(20-2)8-13(10)21-3/h4-8H,1-3H3,(H,16,17)(H,18,19)/p-2/b9-6+,12-7-. The van der Waals surface area contributed by atoms with Crippen molar-refractivity contribution in [1.29, 1.82) is 0 Å². The fraction of sp³-hybridized carbons (Fsp3) is 0.200. The summed E-state index contributed by atoms with van der Waals surface area (Å²) >= 11 is 0. The summed E-state index contributed by atoms with van der Waals surface area (Å²) in [6.07, 6.45) is 1.96. The molecule has 6 heteroatoms. The molecule has 0 bridgehead atoms. The predicted molar refractivity (Wildman–Crippen MR) is 71.3 cm³/mol. The van der Waals surface area contributed by atoms with Gasteiger partial charge in [-0.2, -0.15) is 0 Å². The summed E-state index contributed by atoms with van der Waals surface area (Å²) in [5.74, 6) is -2.06. The zero-order valence-corrected chi connectivity index (χ0v) is 11.8. The predicted octanol–water partition coefficient (Wildman–Crippen LogP) is -0.467. The van der Waals surface area contributed by atoms with E-state index in [4.69, 9.17) is 9.47 Å². The average molecular weight is 290 g/mol. The Morgan fingerprint density at radius 1 is 1.14 bits per heavy atom. The first kappa shape index (κ1) is 16.3. The van der Waals surface area contributed by atoms with Crippen LogP contribution >= 0.6 is 0 Å². The second-order valence-corrected chi connectivity index (χ2v) is 4.10. The van der Waals surface area contributed by atoms with E-state index >= 15 is 0 Å². The molecule has 1 rings (SSSR count). The van der Waals surface area contributed by atoms with Gasteiger partial charge < -0.3 is 29.3 Å². The van der Waals surface area contributed by atoms with Crippen molar-refractivity contribution in [3.8, 4) is 11.5 Å². The number of aliphatic carboxylic acids is 2. The minimum absolute atomic E-state index is 0.00729. The second kappa shape index (κ2) is 7.14. The molecule has 1 aromatic carbocycles. The van der Waals surface area contributed by atoms with Crippen LogP contribution in [0.2, 0.25) is 0 Å². The summed E-state index contributed by atoms with van der Waals surface area (Å²) in [4.78, 5) is 21.7. The van der Waals surface area contributed by atoms with E-state index < -0.39 is 11.9 Å². The number of rotatable bonds is 6. The zero-order valence-electron chi connectivity index (χ0n) is 11.8. The number of hydrogen-bond acceptors (Lipinski definition) is 6. The quantitative estimate of drug-likeness (QED) is 0.519. The first-order chi connectivity index (χ1) is 9.88. The number of carboxylic acids is 2. The van der Waals surface area contributed by atoms with E-state index in [1.807, 2.05) is 0 Å². The number of hydrogen-bond donors (Lipinski definition) is 0. The molecule has 21 heavy (non-hydrogen) atoms. The SMILES string of the molecule is COc1ccc(/C=C(C(=O)[O-])/C(C)=C/C(=O)[O-])c(OC)c1. The highest BCUT2D eigenvalue weighted by molar-refractivity contribution is 5.98. The minimum atomic E-state index is -1.50. The van der Waals surface area contributed by atoms with Gasteiger partial charge in [0.05, 0.1) is 26.2 Å². The van der Waals surface area contributed by atoms with E-state index in [0.717, 1.165) is 0 Å². The molecule has 0 spiro atoms. The lowest BCUT2D eigenvalue weighted by Crippen LogP contribution is -2.26. The Hall–Kier alpha value is -2.76. The third-order valence-corrected chi connectivity index (χ3v) is 2.72. The van der Waals surface area contributed by atoms with Gasteiger partial charge >= 0.3 is 0 Å². The lowest BCUT2D eigenvalue weighted by Gasteiger charge is -2.12. The summed E-state index contributed by atoms with van der Waals surface area (Å²) in [5.41, 5.74) is 0.180. The summed E-state index contributed by atoms with van der Waals surface area (Å²) in [5, 5.41) is 21.7. The summed E-state index contributed by atoms with van der Waals surface area (Å²) in [6, 6.07) is 4.79. The maximum absolute atomic E-state index is 11.2. The third kappa shape index (κ3) is 4.38. The second-order valence-electron chi connectivity index (χ2n) is 4.10. The monoisotopic (exact) mass is 290 g/mol. The molecule has 0 fully saturated rings. The third-order valence-electron chi connectivity index (χ3n) is 2.72. The Morgan fingerprint density at radius 2 is 1.81 bits per heavy atom. The molecule has 0 atom stereocenters. The van der Waals surface area contributed by atoms with Crippen molar-refractivity contribution in [3.63, 3.8) is 0 Å². The van der Waals surface area contributed by atoms with Crippen LogP contribution in [0.1, 0.15) is 12.5 Å². The van der Waals surface area contributed by atoms with E-state index in [-0.39, 0.29) is 11.1 Å². The van der Waals surface area contributed by atoms with Crippen LogP contribution in [0, 0.1) is 0 Å². The van der Waals surface area contributed by atoms with E-state index in [0.29, 0.717) is 23.1 Å². The van der Waals surface area contributed by atoms with Gasteiger partial charge in [-0.1, -0.05) is 0 Å². The van der Waals surface area contributed by atoms with Crippen molar-refractivity contribution in [2.45, 2.75) is 6.92 Å². The smallest absolute Gasteiger partial charge is 0.129 e. The Bertz CT molecular complexity index is 613. The maximum atomic E-state index is 11.2. The molecule has 0 amide bonds. The van der Waals surface area contributed by atoms with Crippen LogP contribution in [0.4, 0.5) is 0 Å². The average Bonchev–Trinajstić information content (AvgIpc) is 2.43. The largest absolute Gasteiger partial charge is 0.545 e. The fourth-order valence-corrected chi connectivity index (χ4v) is 1.68. The van der Waals surface area contributed by atoms with Crippen molar-refractivity contribution in [1.82, 2.24) is 0 Å². The highest BCUT2D eigenvalue weighted by Crippen LogP contribution is 2.27. The maximum Gasteiger partial charge on any atom is 0.129 e. The molecule has 0 aliphatic heterocycles. The van der Waals surface area contributed by atoms with Gasteiger partial charge in [0.15, 0.2) is 0 Å². The normalized spacial score (nSPS) is 12.0. The van der Waals surface area contributed by atoms with Crippen molar-refractivity contribution in [3.05, 3.63) is 41.0 Å². The lowest BCUT2D eigenvalue weighted by molar-refractivity contribution is -0.298. The van der Waals surface area contributed by atoms with E-state index in [2.05, 4.69) is 0 Å². The molecular formula is C15H14O6-2. The van der Waals surface area contributed by atoms with Gasteiger partial charge in [-0.3, -0.25) is 0 Å². The molecule has 0 aliphatic rings. The minimum Gasteiger partial charge on any atom is -0.545 e. The topological polar surface area (TPSA) is 98.7 Å². The van der Waals surface area contributed by atoms with Crippen LogP contribution in [0.3, 0.4) is 0 Å².